The number of anilines is 1. The summed E-state index contributed by atoms with van der Waals surface area (Å²) in [6.45, 7) is 2.82. The highest BCUT2D eigenvalue weighted by molar-refractivity contribution is 7.89. The topological polar surface area (TPSA) is 63.4 Å². The number of rotatable bonds is 17. The summed E-state index contributed by atoms with van der Waals surface area (Å²) in [6, 6.07) is 6.67. The van der Waals surface area contributed by atoms with Crippen molar-refractivity contribution in [1.82, 2.24) is 4.31 Å². The van der Waals surface area contributed by atoms with Crippen LogP contribution >= 0.6 is 0 Å². The van der Waals surface area contributed by atoms with E-state index in [0.717, 1.165) is 12.8 Å². The zero-order valence-corrected chi connectivity index (χ0v) is 19.0. The van der Waals surface area contributed by atoms with Gasteiger partial charge in [0.25, 0.3) is 0 Å². The Bertz CT molecular complexity index is 617. The zero-order valence-electron chi connectivity index (χ0n) is 18.2. The van der Waals surface area contributed by atoms with Gasteiger partial charge in [-0.05, 0) is 18.6 Å². The van der Waals surface area contributed by atoms with Gasteiger partial charge in [-0.2, -0.15) is 0 Å². The summed E-state index contributed by atoms with van der Waals surface area (Å²) < 4.78 is 26.6. The molecular weight excluding hydrogens is 368 g/mol. The average molecular weight is 411 g/mol. The molecule has 0 radical (unpaired) electrons. The summed E-state index contributed by atoms with van der Waals surface area (Å²) in [4.78, 5) is 0.211. The Balaban J connectivity index is 2.02. The Morgan fingerprint density at radius 2 is 1.18 bits per heavy atom. The predicted molar refractivity (Wildman–Crippen MR) is 121 cm³/mol. The van der Waals surface area contributed by atoms with E-state index < -0.39 is 10.0 Å². The third-order valence-electron chi connectivity index (χ3n) is 5.43. The Morgan fingerprint density at radius 1 is 0.750 bits per heavy atom. The number of unbranched alkanes of at least 4 members (excludes halogenated alkanes) is 13. The standard InChI is InChI=1S/C23H42N2O2S/c1-3-4-5-6-7-8-9-10-11-12-13-14-15-18-21-25(2)28(26,27)23-20-17-16-19-22(23)24/h16-17,19-20H,3-15,18,21,24H2,1-2H3. The highest BCUT2D eigenvalue weighted by Crippen LogP contribution is 2.21. The molecule has 0 aromatic heterocycles. The summed E-state index contributed by atoms with van der Waals surface area (Å²) in [7, 11) is -1.84. The SMILES string of the molecule is CCCCCCCCCCCCCCCCN(C)S(=O)(=O)c1ccccc1N. The molecule has 0 atom stereocenters. The number of sulfonamides is 1. The highest BCUT2D eigenvalue weighted by Gasteiger charge is 2.22. The van der Waals surface area contributed by atoms with Crippen LogP contribution in [-0.2, 0) is 10.0 Å². The first-order valence-electron chi connectivity index (χ1n) is 11.3. The smallest absolute Gasteiger partial charge is 0.244 e. The molecule has 28 heavy (non-hydrogen) atoms. The quantitative estimate of drug-likeness (QED) is 0.240. The fourth-order valence-corrected chi connectivity index (χ4v) is 4.85. The molecule has 5 heteroatoms. The third-order valence-corrected chi connectivity index (χ3v) is 7.36. The zero-order chi connectivity index (χ0) is 20.7. The lowest BCUT2D eigenvalue weighted by molar-refractivity contribution is 0.447. The van der Waals surface area contributed by atoms with Crippen molar-refractivity contribution in [3.8, 4) is 0 Å². The van der Waals surface area contributed by atoms with E-state index in [-0.39, 0.29) is 4.90 Å². The molecule has 1 aromatic rings. The van der Waals surface area contributed by atoms with E-state index in [2.05, 4.69) is 6.92 Å². The van der Waals surface area contributed by atoms with Gasteiger partial charge in [-0.25, -0.2) is 12.7 Å². The van der Waals surface area contributed by atoms with Crippen molar-refractivity contribution in [2.24, 2.45) is 0 Å². The number of nitrogens with two attached hydrogens (primary N) is 1. The van der Waals surface area contributed by atoms with Crippen LogP contribution in [0.4, 0.5) is 5.69 Å². The van der Waals surface area contributed by atoms with Gasteiger partial charge in [0.2, 0.25) is 10.0 Å². The second-order valence-electron chi connectivity index (χ2n) is 7.96. The molecule has 1 rings (SSSR count). The molecule has 2 N–H and O–H groups in total. The summed E-state index contributed by atoms with van der Waals surface area (Å²) in [5.41, 5.74) is 6.13. The maximum atomic E-state index is 12.6. The molecule has 162 valence electrons. The Labute approximate surface area is 173 Å². The van der Waals surface area contributed by atoms with E-state index in [4.69, 9.17) is 5.73 Å². The molecule has 0 aliphatic heterocycles. The molecule has 0 fully saturated rings. The largest absolute Gasteiger partial charge is 0.398 e. The molecular formula is C23H42N2O2S. The number of hydrogen-bond donors (Lipinski definition) is 1. The van der Waals surface area contributed by atoms with Crippen molar-refractivity contribution in [2.45, 2.75) is 102 Å². The lowest BCUT2D eigenvalue weighted by atomic mass is 10.0. The van der Waals surface area contributed by atoms with Gasteiger partial charge in [0, 0.05) is 13.6 Å². The van der Waals surface area contributed by atoms with Crippen LogP contribution in [0.15, 0.2) is 29.2 Å². The molecule has 0 saturated carbocycles. The van der Waals surface area contributed by atoms with Crippen LogP contribution in [0.5, 0.6) is 0 Å². The van der Waals surface area contributed by atoms with Gasteiger partial charge >= 0.3 is 0 Å². The van der Waals surface area contributed by atoms with Crippen LogP contribution in [0.25, 0.3) is 0 Å². The monoisotopic (exact) mass is 410 g/mol. The molecule has 1 aromatic carbocycles. The van der Waals surface area contributed by atoms with Crippen molar-refractivity contribution < 1.29 is 8.42 Å². The normalized spacial score (nSPS) is 12.0. The van der Waals surface area contributed by atoms with Gasteiger partial charge in [0.15, 0.2) is 0 Å². The van der Waals surface area contributed by atoms with Gasteiger partial charge < -0.3 is 5.73 Å². The lowest BCUT2D eigenvalue weighted by Gasteiger charge is -2.18. The number of para-hydroxylation sites is 1. The second-order valence-corrected chi connectivity index (χ2v) is 9.97. The van der Waals surface area contributed by atoms with E-state index in [9.17, 15) is 8.42 Å². The molecule has 0 spiro atoms. The van der Waals surface area contributed by atoms with Gasteiger partial charge in [-0.3, -0.25) is 0 Å². The maximum Gasteiger partial charge on any atom is 0.244 e. The first-order chi connectivity index (χ1) is 13.5. The Kier molecular flexibility index (Phi) is 13.3. The van der Waals surface area contributed by atoms with Gasteiger partial charge in [0.1, 0.15) is 4.90 Å². The van der Waals surface area contributed by atoms with E-state index in [1.807, 2.05) is 0 Å². The fourth-order valence-electron chi connectivity index (χ4n) is 3.53. The average Bonchev–Trinajstić information content (AvgIpc) is 2.68. The molecule has 4 nitrogen and oxygen atoms in total. The molecule has 0 bridgehead atoms. The molecule has 0 aliphatic carbocycles. The van der Waals surface area contributed by atoms with Crippen molar-refractivity contribution in [3.63, 3.8) is 0 Å². The van der Waals surface area contributed by atoms with Crippen molar-refractivity contribution >= 4 is 15.7 Å². The first kappa shape index (κ1) is 25.0. The minimum absolute atomic E-state index is 0.211. The van der Waals surface area contributed by atoms with Crippen molar-refractivity contribution in [1.29, 1.82) is 0 Å². The Hall–Kier alpha value is -1.07. The Morgan fingerprint density at radius 3 is 1.64 bits per heavy atom. The number of nitrogen functional groups attached to an aromatic ring is 1. The minimum atomic E-state index is -3.48. The van der Waals surface area contributed by atoms with Crippen molar-refractivity contribution in [3.05, 3.63) is 24.3 Å². The number of benzene rings is 1. The number of nitrogens with zero attached hydrogens (tertiary/aromatic N) is 1. The predicted octanol–water partition coefficient (Wildman–Crippen LogP) is 6.37. The van der Waals surface area contributed by atoms with E-state index >= 15 is 0 Å². The van der Waals surface area contributed by atoms with Crippen molar-refractivity contribution in [2.75, 3.05) is 19.3 Å². The van der Waals surface area contributed by atoms with Crippen LogP contribution in [-0.4, -0.2) is 26.3 Å². The molecule has 0 amide bonds. The molecule has 0 aliphatic rings. The molecule has 0 unspecified atom stereocenters. The second kappa shape index (κ2) is 14.9. The summed E-state index contributed by atoms with van der Waals surface area (Å²) >= 11 is 0. The summed E-state index contributed by atoms with van der Waals surface area (Å²) in [5, 5.41) is 0. The molecule has 0 saturated heterocycles. The summed E-state index contributed by atoms with van der Waals surface area (Å²) in [6.07, 6.45) is 18.2. The molecule has 0 heterocycles. The maximum absolute atomic E-state index is 12.6. The number of hydrogen-bond acceptors (Lipinski definition) is 3. The van der Waals surface area contributed by atoms with Gasteiger partial charge in [0.05, 0.1) is 5.69 Å². The first-order valence-corrected chi connectivity index (χ1v) is 12.7. The van der Waals surface area contributed by atoms with Crippen LogP contribution in [0, 0.1) is 0 Å². The summed E-state index contributed by atoms with van der Waals surface area (Å²) in [5.74, 6) is 0. The van der Waals surface area contributed by atoms with E-state index in [0.29, 0.717) is 12.2 Å². The van der Waals surface area contributed by atoms with Gasteiger partial charge in [-0.15, -0.1) is 0 Å². The minimum Gasteiger partial charge on any atom is -0.398 e. The fraction of sp³-hybridized carbons (Fsp3) is 0.739. The highest BCUT2D eigenvalue weighted by atomic mass is 32.2. The van der Waals surface area contributed by atoms with Crippen LogP contribution < -0.4 is 5.73 Å². The van der Waals surface area contributed by atoms with Gasteiger partial charge in [-0.1, -0.05) is 103 Å². The van der Waals surface area contributed by atoms with Crippen LogP contribution in [0.3, 0.4) is 0 Å². The van der Waals surface area contributed by atoms with E-state index in [1.54, 1.807) is 31.3 Å². The van der Waals surface area contributed by atoms with Crippen LogP contribution in [0.2, 0.25) is 0 Å². The van der Waals surface area contributed by atoms with E-state index in [1.165, 1.54) is 81.4 Å². The third kappa shape index (κ3) is 9.92. The van der Waals surface area contributed by atoms with Crippen LogP contribution in [0.1, 0.15) is 96.8 Å². The lowest BCUT2D eigenvalue weighted by Crippen LogP contribution is -2.28.